The zero-order valence-corrected chi connectivity index (χ0v) is 29.1. The first-order valence-corrected chi connectivity index (χ1v) is 17.0. The van der Waals surface area contributed by atoms with Crippen LogP contribution in [-0.2, 0) is 17.7 Å². The number of nitrogens with zero attached hydrogens (tertiary/aromatic N) is 3. The van der Waals surface area contributed by atoms with Crippen molar-refractivity contribution in [1.29, 1.82) is 0 Å². The number of hydrogen-bond acceptors (Lipinski definition) is 8. The molecule has 3 aromatic carbocycles. The number of carbonyl (C=O) groups excluding carboxylic acids is 1. The van der Waals surface area contributed by atoms with Crippen LogP contribution in [0.2, 0.25) is 10.0 Å². The van der Waals surface area contributed by atoms with Gasteiger partial charge in [0.25, 0.3) is 0 Å². The van der Waals surface area contributed by atoms with E-state index < -0.39 is 18.0 Å². The number of fused-ring (bicyclic) bond motifs is 3. The molecule has 0 radical (unpaired) electrons. The lowest BCUT2D eigenvalue weighted by Gasteiger charge is -2.44. The first-order valence-electron chi connectivity index (χ1n) is 16.2. The van der Waals surface area contributed by atoms with E-state index in [4.69, 9.17) is 37.4 Å². The standard InChI is InChI=1S/C37H37Cl2N3O8/c1-48-33-9-7-24(15-34(33)49-2)28(17-30-31(38)19-41(47)20-32(30)39)29-14-22(6-8-27(29)36(44)45)18-42(25-4-3-5-26(43)16-25)37(46)50-35-21-40-12-10-23(35)11-13-40/h3-9,14-16,19-20,23,28,35H,10-13,17-18,21H2,1-2H3,(H2-,43,44,45,47)/p+1/t28-,35-/m0/s1. The normalized spacial score (nSPS) is 18.7. The van der Waals surface area contributed by atoms with Gasteiger partial charge in [-0.25, -0.2) is 9.59 Å². The second-order valence-corrected chi connectivity index (χ2v) is 13.4. The van der Waals surface area contributed by atoms with Crippen LogP contribution in [0.25, 0.3) is 0 Å². The largest absolute Gasteiger partial charge is 0.508 e. The van der Waals surface area contributed by atoms with E-state index in [1.807, 2.05) is 6.07 Å². The predicted octanol–water partition coefficient (Wildman–Crippen LogP) is 6.55. The molecular weight excluding hydrogens is 685 g/mol. The molecule has 3 fully saturated rings. The monoisotopic (exact) mass is 722 g/mol. The molecule has 7 rings (SSSR count). The Morgan fingerprint density at radius 3 is 2.32 bits per heavy atom. The zero-order valence-electron chi connectivity index (χ0n) is 27.6. The summed E-state index contributed by atoms with van der Waals surface area (Å²) in [5, 5.41) is 31.1. The number of carboxylic acids is 1. The van der Waals surface area contributed by atoms with Gasteiger partial charge in [0.15, 0.2) is 11.5 Å². The quantitative estimate of drug-likeness (QED) is 0.116. The van der Waals surface area contributed by atoms with Crippen molar-refractivity contribution in [3.63, 3.8) is 0 Å². The SMILES string of the molecule is COc1ccc([C@H](Cc2c(Cl)c[n+](O)cc2Cl)c2cc(CN(C(=O)O[C@H]3CN4CCC3CC4)c3cccc(O)c3)ccc2C(=O)O)cc1OC. The first-order chi connectivity index (χ1) is 24.0. The van der Waals surface area contributed by atoms with Crippen LogP contribution in [0.15, 0.2) is 73.1 Å². The number of hydrogen-bond donors (Lipinski definition) is 3. The van der Waals surface area contributed by atoms with Crippen molar-refractivity contribution in [3.05, 3.63) is 111 Å². The number of carboxylic acid groups (broad SMARTS) is 1. The number of benzene rings is 3. The Morgan fingerprint density at radius 2 is 1.70 bits per heavy atom. The maximum absolute atomic E-state index is 13.9. The number of ether oxygens (including phenoxy) is 3. The number of aromatic hydroxyl groups is 1. The smallest absolute Gasteiger partial charge is 0.414 e. The lowest BCUT2D eigenvalue weighted by Crippen LogP contribution is -2.53. The fourth-order valence-corrected chi connectivity index (χ4v) is 7.56. The van der Waals surface area contributed by atoms with Crippen LogP contribution < -0.4 is 19.1 Å². The Bertz CT molecular complexity index is 1880. The van der Waals surface area contributed by atoms with Gasteiger partial charge in [-0.2, -0.15) is 0 Å². The number of phenolic OH excluding ortho intramolecular Hbond substituents is 1. The Labute approximate surface area is 299 Å². The fourth-order valence-electron chi connectivity index (χ4n) is 6.95. The third-order valence-electron chi connectivity index (χ3n) is 9.56. The topological polar surface area (TPSA) is 133 Å². The maximum atomic E-state index is 13.9. The third-order valence-corrected chi connectivity index (χ3v) is 10.2. The van der Waals surface area contributed by atoms with E-state index in [1.54, 1.807) is 36.4 Å². The third kappa shape index (κ3) is 7.55. The maximum Gasteiger partial charge on any atom is 0.414 e. The molecule has 3 aliphatic heterocycles. The van der Waals surface area contributed by atoms with Gasteiger partial charge in [-0.1, -0.05) is 47.5 Å². The predicted molar refractivity (Wildman–Crippen MR) is 186 cm³/mol. The highest BCUT2D eigenvalue weighted by Gasteiger charge is 2.37. The molecule has 3 saturated heterocycles. The van der Waals surface area contributed by atoms with Crippen molar-refractivity contribution in [1.82, 2.24) is 4.90 Å². The van der Waals surface area contributed by atoms with Crippen LogP contribution in [0, 0.1) is 5.92 Å². The van der Waals surface area contributed by atoms with Crippen LogP contribution in [-0.4, -0.2) is 72.3 Å². The molecule has 262 valence electrons. The summed E-state index contributed by atoms with van der Waals surface area (Å²) in [7, 11) is 3.03. The molecule has 50 heavy (non-hydrogen) atoms. The van der Waals surface area contributed by atoms with Gasteiger partial charge < -0.3 is 24.4 Å². The van der Waals surface area contributed by atoms with Gasteiger partial charge in [0, 0.05) is 28.8 Å². The van der Waals surface area contributed by atoms with Crippen molar-refractivity contribution in [3.8, 4) is 17.2 Å². The van der Waals surface area contributed by atoms with Crippen LogP contribution in [0.1, 0.15) is 51.4 Å². The van der Waals surface area contributed by atoms with Crippen molar-refractivity contribution in [2.75, 3.05) is 38.8 Å². The van der Waals surface area contributed by atoms with E-state index >= 15 is 0 Å². The van der Waals surface area contributed by atoms with E-state index in [0.29, 0.717) is 46.0 Å². The average molecular weight is 724 g/mol. The molecule has 1 aromatic heterocycles. The Balaban J connectivity index is 1.43. The van der Waals surface area contributed by atoms with Crippen molar-refractivity contribution >= 4 is 41.0 Å². The van der Waals surface area contributed by atoms with Gasteiger partial charge >= 0.3 is 12.1 Å². The highest BCUT2D eigenvalue weighted by molar-refractivity contribution is 6.35. The molecule has 4 aromatic rings. The number of amides is 1. The molecule has 0 unspecified atom stereocenters. The Morgan fingerprint density at radius 1 is 0.980 bits per heavy atom. The second-order valence-electron chi connectivity index (χ2n) is 12.6. The summed E-state index contributed by atoms with van der Waals surface area (Å²) >= 11 is 13.1. The van der Waals surface area contributed by atoms with E-state index in [2.05, 4.69) is 4.90 Å². The molecule has 1 amide bonds. The van der Waals surface area contributed by atoms with Crippen LogP contribution in [0.5, 0.6) is 17.2 Å². The number of carbonyl (C=O) groups is 2. The van der Waals surface area contributed by atoms with Gasteiger partial charge in [0.2, 0.25) is 12.4 Å². The van der Waals surface area contributed by atoms with Crippen LogP contribution in [0.4, 0.5) is 10.5 Å². The number of anilines is 1. The average Bonchev–Trinajstić information content (AvgIpc) is 3.10. The number of phenols is 1. The highest BCUT2D eigenvalue weighted by Crippen LogP contribution is 2.39. The van der Waals surface area contributed by atoms with Gasteiger partial charge in [0.05, 0.1) is 32.0 Å². The first kappa shape index (κ1) is 35.1. The van der Waals surface area contributed by atoms with E-state index in [-0.39, 0.29) is 46.3 Å². The van der Waals surface area contributed by atoms with Gasteiger partial charge in [-0.15, -0.1) is 0 Å². The van der Waals surface area contributed by atoms with Crippen LogP contribution in [0.3, 0.4) is 0 Å². The highest BCUT2D eigenvalue weighted by atomic mass is 35.5. The number of methoxy groups -OCH3 is 2. The van der Waals surface area contributed by atoms with E-state index in [0.717, 1.165) is 30.7 Å². The number of aromatic nitrogens is 1. The summed E-state index contributed by atoms with van der Waals surface area (Å²) < 4.78 is 17.9. The molecule has 2 bridgehead atoms. The van der Waals surface area contributed by atoms with Crippen molar-refractivity contribution < 1.29 is 44.0 Å². The van der Waals surface area contributed by atoms with E-state index in [1.165, 1.54) is 49.7 Å². The summed E-state index contributed by atoms with van der Waals surface area (Å²) in [5.41, 5.74) is 2.67. The van der Waals surface area contributed by atoms with Crippen molar-refractivity contribution in [2.45, 2.75) is 37.8 Å². The number of aromatic carboxylic acids is 1. The van der Waals surface area contributed by atoms with Gasteiger partial charge in [-0.05, 0) is 85.3 Å². The van der Waals surface area contributed by atoms with E-state index in [9.17, 15) is 25.0 Å². The molecule has 3 aliphatic rings. The Hall–Kier alpha value is -4.71. The van der Waals surface area contributed by atoms with Crippen LogP contribution >= 0.6 is 23.2 Å². The second kappa shape index (κ2) is 15.0. The van der Waals surface area contributed by atoms with Gasteiger partial charge in [-0.3, -0.25) is 15.0 Å². The number of rotatable bonds is 11. The fraction of sp³-hybridized carbons (Fsp3) is 0.324. The minimum Gasteiger partial charge on any atom is -0.508 e. The van der Waals surface area contributed by atoms with Crippen molar-refractivity contribution in [2.24, 2.45) is 5.92 Å². The number of piperidine rings is 3. The molecule has 2 atom stereocenters. The summed E-state index contributed by atoms with van der Waals surface area (Å²) in [6, 6.07) is 16.6. The minimum atomic E-state index is -1.15. The minimum absolute atomic E-state index is 0.0145. The summed E-state index contributed by atoms with van der Waals surface area (Å²) in [4.78, 5) is 30.4. The molecule has 4 heterocycles. The molecule has 13 heteroatoms. The van der Waals surface area contributed by atoms with Gasteiger partial charge in [0.1, 0.15) is 21.9 Å². The number of halogens is 2. The molecule has 0 spiro atoms. The summed E-state index contributed by atoms with van der Waals surface area (Å²) in [5.74, 6) is -0.593. The molecule has 3 N–H and O–H groups in total. The summed E-state index contributed by atoms with van der Waals surface area (Å²) in [6.45, 7) is 2.69. The molecular formula is C37H38Cl2N3O8+. The summed E-state index contributed by atoms with van der Waals surface area (Å²) in [6.07, 6.45) is 3.88. The lowest BCUT2D eigenvalue weighted by atomic mass is 9.82. The molecule has 11 nitrogen and oxygen atoms in total. The lowest BCUT2D eigenvalue weighted by molar-refractivity contribution is -0.904. The molecule has 0 aliphatic carbocycles. The number of pyridine rings is 1. The Kier molecular flexibility index (Phi) is 10.6. The zero-order chi connectivity index (χ0) is 35.5. The molecule has 0 saturated carbocycles.